The van der Waals surface area contributed by atoms with Crippen LogP contribution in [0.25, 0.3) is 0 Å². The molecule has 0 aromatic heterocycles. The second kappa shape index (κ2) is 7.51. The van der Waals surface area contributed by atoms with Crippen LogP contribution in [0.3, 0.4) is 0 Å². The molecule has 1 atom stereocenters. The summed E-state index contributed by atoms with van der Waals surface area (Å²) in [7, 11) is 0. The lowest BCUT2D eigenvalue weighted by atomic mass is 9.99. The van der Waals surface area contributed by atoms with E-state index in [0.29, 0.717) is 12.3 Å². The Hall–Kier alpha value is -2.01. The van der Waals surface area contributed by atoms with Crippen LogP contribution in [0.15, 0.2) is 36.4 Å². The summed E-state index contributed by atoms with van der Waals surface area (Å²) in [6.07, 6.45) is 4.53. The summed E-state index contributed by atoms with van der Waals surface area (Å²) >= 11 is 0. The number of carbonyl (C=O) groups is 1. The Balaban J connectivity index is 2.12. The maximum Gasteiger partial charge on any atom is 0.411 e. The van der Waals surface area contributed by atoms with Gasteiger partial charge in [0, 0.05) is 6.54 Å². The van der Waals surface area contributed by atoms with Crippen LogP contribution in [0.5, 0.6) is 5.75 Å². The molecule has 0 radical (unpaired) electrons. The number of carbonyl (C=O) groups excluding carboxylic acids is 1. The molecule has 1 aromatic carbocycles. The largest absolute Gasteiger partial charge is 0.491 e. The molecule has 0 bridgehead atoms. The van der Waals surface area contributed by atoms with Gasteiger partial charge in [0.25, 0.3) is 0 Å². The number of hydrogen-bond acceptors (Lipinski definition) is 4. The molecule has 5 heteroatoms. The SMILES string of the molecule is CC(C)(C)OC(=O)N1CC=CCC1c1ccc(OCCO)cc1. The maximum absolute atomic E-state index is 12.4. The number of benzene rings is 1. The summed E-state index contributed by atoms with van der Waals surface area (Å²) in [5.41, 5.74) is 0.529. The Morgan fingerprint density at radius 2 is 1.96 bits per heavy atom. The van der Waals surface area contributed by atoms with E-state index >= 15 is 0 Å². The van der Waals surface area contributed by atoms with Gasteiger partial charge >= 0.3 is 6.09 Å². The van der Waals surface area contributed by atoms with Crippen molar-refractivity contribution in [2.45, 2.75) is 38.8 Å². The van der Waals surface area contributed by atoms with Crippen LogP contribution in [0.4, 0.5) is 4.79 Å². The zero-order valence-electron chi connectivity index (χ0n) is 14.0. The van der Waals surface area contributed by atoms with Gasteiger partial charge in [0.2, 0.25) is 0 Å². The predicted octanol–water partition coefficient (Wildman–Crippen LogP) is 3.30. The zero-order chi connectivity index (χ0) is 16.9. The molecular formula is C18H25NO4. The Kier molecular flexibility index (Phi) is 5.66. The number of amides is 1. The summed E-state index contributed by atoms with van der Waals surface area (Å²) in [6, 6.07) is 7.58. The van der Waals surface area contributed by atoms with Crippen molar-refractivity contribution in [2.24, 2.45) is 0 Å². The van der Waals surface area contributed by atoms with Crippen LogP contribution in [0.2, 0.25) is 0 Å². The molecule has 1 aliphatic rings. The fraction of sp³-hybridized carbons (Fsp3) is 0.500. The van der Waals surface area contributed by atoms with Crippen molar-refractivity contribution in [1.82, 2.24) is 4.90 Å². The molecule has 126 valence electrons. The molecule has 0 aliphatic carbocycles. The monoisotopic (exact) mass is 319 g/mol. The van der Waals surface area contributed by atoms with Gasteiger partial charge in [-0.25, -0.2) is 4.79 Å². The van der Waals surface area contributed by atoms with Gasteiger partial charge in [-0.2, -0.15) is 0 Å². The normalized spacial score (nSPS) is 17.9. The van der Waals surface area contributed by atoms with E-state index in [2.05, 4.69) is 6.08 Å². The number of ether oxygens (including phenoxy) is 2. The van der Waals surface area contributed by atoms with Gasteiger partial charge in [-0.05, 0) is 44.9 Å². The van der Waals surface area contributed by atoms with Gasteiger partial charge in [-0.1, -0.05) is 24.3 Å². The molecule has 5 nitrogen and oxygen atoms in total. The zero-order valence-corrected chi connectivity index (χ0v) is 14.0. The topological polar surface area (TPSA) is 59.0 Å². The van der Waals surface area contributed by atoms with E-state index in [4.69, 9.17) is 14.6 Å². The number of nitrogens with zero attached hydrogens (tertiary/aromatic N) is 1. The molecule has 1 N–H and O–H groups in total. The molecule has 0 saturated heterocycles. The second-order valence-corrected chi connectivity index (χ2v) is 6.50. The van der Waals surface area contributed by atoms with E-state index in [1.807, 2.05) is 51.1 Å². The molecule has 0 saturated carbocycles. The first-order chi connectivity index (χ1) is 10.9. The van der Waals surface area contributed by atoms with Crippen LogP contribution in [-0.2, 0) is 4.74 Å². The molecule has 1 unspecified atom stereocenters. The van der Waals surface area contributed by atoms with Crippen molar-refractivity contribution in [1.29, 1.82) is 0 Å². The number of hydrogen-bond donors (Lipinski definition) is 1. The number of aliphatic hydroxyl groups is 1. The van der Waals surface area contributed by atoms with E-state index in [0.717, 1.165) is 12.0 Å². The van der Waals surface area contributed by atoms with Crippen molar-refractivity contribution in [3.05, 3.63) is 42.0 Å². The summed E-state index contributed by atoms with van der Waals surface area (Å²) in [5, 5.41) is 8.78. The molecule has 0 spiro atoms. The van der Waals surface area contributed by atoms with Gasteiger partial charge in [-0.3, -0.25) is 4.90 Å². The quantitative estimate of drug-likeness (QED) is 0.865. The number of rotatable bonds is 4. The van der Waals surface area contributed by atoms with E-state index in [1.54, 1.807) is 4.90 Å². The molecule has 1 heterocycles. The average molecular weight is 319 g/mol. The summed E-state index contributed by atoms with van der Waals surface area (Å²) in [5.74, 6) is 0.706. The van der Waals surface area contributed by atoms with Crippen LogP contribution in [0.1, 0.15) is 38.8 Å². The molecule has 23 heavy (non-hydrogen) atoms. The van der Waals surface area contributed by atoms with Crippen LogP contribution in [0, 0.1) is 0 Å². The fourth-order valence-corrected chi connectivity index (χ4v) is 2.46. The lowest BCUT2D eigenvalue weighted by molar-refractivity contribution is 0.0176. The smallest absolute Gasteiger partial charge is 0.411 e. The predicted molar refractivity (Wildman–Crippen MR) is 88.5 cm³/mol. The molecule has 0 fully saturated rings. The number of aliphatic hydroxyl groups excluding tert-OH is 1. The summed E-state index contributed by atoms with van der Waals surface area (Å²) in [6.45, 7) is 6.41. The van der Waals surface area contributed by atoms with Gasteiger partial charge in [0.1, 0.15) is 18.0 Å². The molecule has 2 rings (SSSR count). The van der Waals surface area contributed by atoms with E-state index in [-0.39, 0.29) is 25.3 Å². The highest BCUT2D eigenvalue weighted by Gasteiger charge is 2.29. The van der Waals surface area contributed by atoms with Crippen LogP contribution in [-0.4, -0.2) is 41.5 Å². The van der Waals surface area contributed by atoms with Gasteiger partial charge in [0.05, 0.1) is 12.6 Å². The summed E-state index contributed by atoms with van der Waals surface area (Å²) < 4.78 is 10.9. The van der Waals surface area contributed by atoms with E-state index < -0.39 is 5.60 Å². The maximum atomic E-state index is 12.4. The van der Waals surface area contributed by atoms with Crippen molar-refractivity contribution < 1.29 is 19.4 Å². The van der Waals surface area contributed by atoms with Crippen molar-refractivity contribution >= 4 is 6.09 Å². The van der Waals surface area contributed by atoms with Crippen LogP contribution >= 0.6 is 0 Å². The van der Waals surface area contributed by atoms with Gasteiger partial charge < -0.3 is 14.6 Å². The second-order valence-electron chi connectivity index (χ2n) is 6.50. The minimum absolute atomic E-state index is 0.0123. The van der Waals surface area contributed by atoms with Gasteiger partial charge in [-0.15, -0.1) is 0 Å². The van der Waals surface area contributed by atoms with Gasteiger partial charge in [0.15, 0.2) is 0 Å². The lowest BCUT2D eigenvalue weighted by Gasteiger charge is -2.34. The molecule has 1 amide bonds. The highest BCUT2D eigenvalue weighted by molar-refractivity contribution is 5.69. The van der Waals surface area contributed by atoms with Crippen molar-refractivity contribution in [3.8, 4) is 5.75 Å². The average Bonchev–Trinajstić information content (AvgIpc) is 2.52. The third kappa shape index (κ3) is 4.99. The van der Waals surface area contributed by atoms with Crippen molar-refractivity contribution in [3.63, 3.8) is 0 Å². The third-order valence-corrected chi connectivity index (χ3v) is 3.46. The molecular weight excluding hydrogens is 294 g/mol. The third-order valence-electron chi connectivity index (χ3n) is 3.46. The minimum Gasteiger partial charge on any atom is -0.491 e. The Morgan fingerprint density at radius 3 is 2.57 bits per heavy atom. The highest BCUT2D eigenvalue weighted by Crippen LogP contribution is 2.30. The Labute approximate surface area is 137 Å². The Morgan fingerprint density at radius 1 is 1.26 bits per heavy atom. The minimum atomic E-state index is -0.509. The molecule has 1 aromatic rings. The van der Waals surface area contributed by atoms with E-state index in [1.165, 1.54) is 0 Å². The first-order valence-electron chi connectivity index (χ1n) is 7.89. The first kappa shape index (κ1) is 17.3. The Bertz CT molecular complexity index is 545. The highest BCUT2D eigenvalue weighted by atomic mass is 16.6. The fourth-order valence-electron chi connectivity index (χ4n) is 2.46. The first-order valence-corrected chi connectivity index (χ1v) is 7.89. The standard InChI is InChI=1S/C18H25NO4/c1-18(2,3)23-17(21)19-11-5-4-6-16(19)14-7-9-15(10-8-14)22-13-12-20/h4-5,7-10,16,20H,6,11-13H2,1-3H3. The van der Waals surface area contributed by atoms with E-state index in [9.17, 15) is 4.79 Å². The van der Waals surface area contributed by atoms with Crippen LogP contribution < -0.4 is 4.74 Å². The summed E-state index contributed by atoms with van der Waals surface area (Å²) in [4.78, 5) is 14.2. The lowest BCUT2D eigenvalue weighted by Crippen LogP contribution is -2.40. The molecule has 1 aliphatic heterocycles. The van der Waals surface area contributed by atoms with Crippen molar-refractivity contribution in [2.75, 3.05) is 19.8 Å².